The average Bonchev–Trinajstić information content (AvgIpc) is 2.48. The molecule has 7 heteroatoms. The molecule has 1 aromatic heterocycles. The van der Waals surface area contributed by atoms with Crippen molar-refractivity contribution >= 4 is 15.9 Å². The minimum Gasteiger partial charge on any atom is -0.352 e. The van der Waals surface area contributed by atoms with Gasteiger partial charge in [-0.2, -0.15) is 0 Å². The van der Waals surface area contributed by atoms with Gasteiger partial charge in [-0.15, -0.1) is 0 Å². The fraction of sp³-hybridized carbons (Fsp3) is 0.600. The highest BCUT2D eigenvalue weighted by molar-refractivity contribution is 7.88. The number of sulfonamides is 1. The monoisotopic (exact) mass is 327 g/mol. The normalized spacial score (nSPS) is 11.6. The van der Waals surface area contributed by atoms with Gasteiger partial charge in [0.25, 0.3) is 0 Å². The first-order chi connectivity index (χ1) is 10.4. The lowest BCUT2D eigenvalue weighted by Gasteiger charge is -2.19. The van der Waals surface area contributed by atoms with Crippen molar-refractivity contribution in [3.63, 3.8) is 0 Å². The van der Waals surface area contributed by atoms with Gasteiger partial charge in [-0.25, -0.2) is 12.7 Å². The number of nitrogens with zero attached hydrogens (tertiary/aromatic N) is 2. The Kier molecular flexibility index (Phi) is 8.05. The van der Waals surface area contributed by atoms with Gasteiger partial charge in [0.15, 0.2) is 0 Å². The Balaban J connectivity index is 2.38. The first-order valence-electron chi connectivity index (χ1n) is 7.54. The Morgan fingerprint density at radius 2 is 2.09 bits per heavy atom. The molecule has 1 amide bonds. The maximum atomic E-state index is 11.8. The number of pyridine rings is 1. The summed E-state index contributed by atoms with van der Waals surface area (Å²) in [5.74, 6) is -0.159. The number of rotatable bonds is 10. The van der Waals surface area contributed by atoms with Crippen LogP contribution < -0.4 is 5.32 Å². The summed E-state index contributed by atoms with van der Waals surface area (Å²) in [6.45, 7) is 3.17. The molecule has 0 bridgehead atoms. The van der Waals surface area contributed by atoms with Crippen LogP contribution in [0.5, 0.6) is 0 Å². The molecule has 22 heavy (non-hydrogen) atoms. The SMILES string of the molecule is CCCCCN(CCC(=O)NCc1cccnc1)S(C)(=O)=O. The number of hydrogen-bond acceptors (Lipinski definition) is 4. The molecule has 6 nitrogen and oxygen atoms in total. The molecule has 0 fully saturated rings. The van der Waals surface area contributed by atoms with Gasteiger partial charge < -0.3 is 5.32 Å². The minimum absolute atomic E-state index is 0.159. The van der Waals surface area contributed by atoms with E-state index in [1.54, 1.807) is 18.5 Å². The standard InChI is InChI=1S/C15H25N3O3S/c1-3-4-5-10-18(22(2,20)21)11-8-15(19)17-13-14-7-6-9-16-12-14/h6-7,9,12H,3-5,8,10-11,13H2,1-2H3,(H,17,19). The van der Waals surface area contributed by atoms with Crippen LogP contribution >= 0.6 is 0 Å². The van der Waals surface area contributed by atoms with Crippen molar-refractivity contribution in [2.45, 2.75) is 39.2 Å². The van der Waals surface area contributed by atoms with E-state index in [2.05, 4.69) is 17.2 Å². The van der Waals surface area contributed by atoms with Crippen LogP contribution in [0.25, 0.3) is 0 Å². The third-order valence-electron chi connectivity index (χ3n) is 3.28. The Morgan fingerprint density at radius 1 is 1.32 bits per heavy atom. The van der Waals surface area contributed by atoms with E-state index in [0.717, 1.165) is 24.8 Å². The molecule has 1 rings (SSSR count). The molecule has 0 aliphatic carbocycles. The smallest absolute Gasteiger partial charge is 0.221 e. The van der Waals surface area contributed by atoms with Gasteiger partial charge in [-0.3, -0.25) is 9.78 Å². The Morgan fingerprint density at radius 3 is 2.68 bits per heavy atom. The van der Waals surface area contributed by atoms with Gasteiger partial charge in [0.2, 0.25) is 15.9 Å². The first kappa shape index (κ1) is 18.6. The maximum absolute atomic E-state index is 11.8. The lowest BCUT2D eigenvalue weighted by atomic mass is 10.2. The quantitative estimate of drug-likeness (QED) is 0.661. The zero-order chi connectivity index (χ0) is 16.4. The molecule has 124 valence electrons. The molecule has 1 aromatic rings. The highest BCUT2D eigenvalue weighted by atomic mass is 32.2. The summed E-state index contributed by atoms with van der Waals surface area (Å²) in [6.07, 6.45) is 7.55. The van der Waals surface area contributed by atoms with Gasteiger partial charge in [0.05, 0.1) is 6.26 Å². The number of amides is 1. The van der Waals surface area contributed by atoms with Gasteiger partial charge in [0.1, 0.15) is 0 Å². The molecule has 0 spiro atoms. The first-order valence-corrected chi connectivity index (χ1v) is 9.39. The van der Waals surface area contributed by atoms with Crippen molar-refractivity contribution in [2.75, 3.05) is 19.3 Å². The van der Waals surface area contributed by atoms with Crippen LogP contribution in [0.4, 0.5) is 0 Å². The van der Waals surface area contributed by atoms with E-state index in [4.69, 9.17) is 0 Å². The van der Waals surface area contributed by atoms with Crippen LogP contribution in [0.1, 0.15) is 38.2 Å². The number of carbonyl (C=O) groups is 1. The van der Waals surface area contributed by atoms with Crippen LogP contribution in [0.15, 0.2) is 24.5 Å². The van der Waals surface area contributed by atoms with Crippen molar-refractivity contribution < 1.29 is 13.2 Å². The maximum Gasteiger partial charge on any atom is 0.221 e. The molecule has 0 radical (unpaired) electrons. The van der Waals surface area contributed by atoms with Crippen molar-refractivity contribution in [1.29, 1.82) is 0 Å². The second-order valence-corrected chi connectivity index (χ2v) is 7.24. The van der Waals surface area contributed by atoms with E-state index in [1.165, 1.54) is 10.6 Å². The molecule has 0 aromatic carbocycles. The van der Waals surface area contributed by atoms with Crippen LogP contribution in [-0.4, -0.2) is 43.0 Å². The molecular formula is C15H25N3O3S. The highest BCUT2D eigenvalue weighted by Crippen LogP contribution is 2.05. The summed E-state index contributed by atoms with van der Waals surface area (Å²) in [5.41, 5.74) is 0.916. The van der Waals surface area contributed by atoms with Crippen molar-refractivity contribution in [1.82, 2.24) is 14.6 Å². The van der Waals surface area contributed by atoms with E-state index in [-0.39, 0.29) is 18.9 Å². The van der Waals surface area contributed by atoms with Crippen LogP contribution in [0.3, 0.4) is 0 Å². The second kappa shape index (κ2) is 9.53. The van der Waals surface area contributed by atoms with Gasteiger partial charge in [-0.05, 0) is 18.1 Å². The lowest BCUT2D eigenvalue weighted by molar-refractivity contribution is -0.121. The van der Waals surface area contributed by atoms with Crippen LogP contribution in [0, 0.1) is 0 Å². The van der Waals surface area contributed by atoms with Crippen molar-refractivity contribution in [3.05, 3.63) is 30.1 Å². The van der Waals surface area contributed by atoms with Crippen LogP contribution in [0.2, 0.25) is 0 Å². The minimum atomic E-state index is -3.26. The third-order valence-corrected chi connectivity index (χ3v) is 4.58. The summed E-state index contributed by atoms with van der Waals surface area (Å²) < 4.78 is 24.8. The van der Waals surface area contributed by atoms with Gasteiger partial charge in [-0.1, -0.05) is 25.8 Å². The summed E-state index contributed by atoms with van der Waals surface area (Å²) >= 11 is 0. The van der Waals surface area contributed by atoms with E-state index in [0.29, 0.717) is 13.1 Å². The fourth-order valence-electron chi connectivity index (χ4n) is 2.00. The summed E-state index contributed by atoms with van der Waals surface area (Å²) in [6, 6.07) is 3.68. The zero-order valence-electron chi connectivity index (χ0n) is 13.3. The van der Waals surface area contributed by atoms with E-state index in [9.17, 15) is 13.2 Å². The second-order valence-electron chi connectivity index (χ2n) is 5.26. The molecule has 0 unspecified atom stereocenters. The van der Waals surface area contributed by atoms with Gasteiger partial charge >= 0.3 is 0 Å². The predicted octanol–water partition coefficient (Wildman–Crippen LogP) is 1.54. The number of carbonyl (C=O) groups excluding carboxylic acids is 1. The predicted molar refractivity (Wildman–Crippen MR) is 86.6 cm³/mol. The summed E-state index contributed by atoms with van der Waals surface area (Å²) in [5, 5.41) is 2.77. The number of nitrogens with one attached hydrogen (secondary N) is 1. The van der Waals surface area contributed by atoms with E-state index >= 15 is 0 Å². The van der Waals surface area contributed by atoms with Gasteiger partial charge in [0, 0.05) is 38.4 Å². The molecule has 0 aliphatic heterocycles. The molecule has 0 aliphatic rings. The molecule has 0 saturated carbocycles. The Hall–Kier alpha value is -1.47. The molecule has 0 saturated heterocycles. The third kappa shape index (κ3) is 7.51. The molecule has 1 heterocycles. The Labute approximate surface area is 133 Å². The topological polar surface area (TPSA) is 79.4 Å². The molecule has 1 N–H and O–H groups in total. The lowest BCUT2D eigenvalue weighted by Crippen LogP contribution is -2.35. The highest BCUT2D eigenvalue weighted by Gasteiger charge is 2.17. The van der Waals surface area contributed by atoms with E-state index in [1.807, 2.05) is 6.07 Å². The molecular weight excluding hydrogens is 302 g/mol. The van der Waals surface area contributed by atoms with Crippen LogP contribution in [-0.2, 0) is 21.4 Å². The average molecular weight is 327 g/mol. The van der Waals surface area contributed by atoms with E-state index < -0.39 is 10.0 Å². The van der Waals surface area contributed by atoms with Crippen molar-refractivity contribution in [3.8, 4) is 0 Å². The largest absolute Gasteiger partial charge is 0.352 e. The number of unbranched alkanes of at least 4 members (excludes halogenated alkanes) is 2. The van der Waals surface area contributed by atoms with Crippen molar-refractivity contribution in [2.24, 2.45) is 0 Å². The zero-order valence-corrected chi connectivity index (χ0v) is 14.1. The number of hydrogen-bond donors (Lipinski definition) is 1. The Bertz CT molecular complexity index is 546. The summed E-state index contributed by atoms with van der Waals surface area (Å²) in [4.78, 5) is 15.8. The summed E-state index contributed by atoms with van der Waals surface area (Å²) in [7, 11) is -3.26. The fourth-order valence-corrected chi connectivity index (χ4v) is 2.88. The molecule has 0 atom stereocenters. The number of aromatic nitrogens is 1.